The third-order valence-corrected chi connectivity index (χ3v) is 3.95. The second kappa shape index (κ2) is 5.36. The molecule has 1 aromatic heterocycles. The molecule has 0 aliphatic carbocycles. The lowest BCUT2D eigenvalue weighted by atomic mass is 9.97. The molecule has 0 radical (unpaired) electrons. The molecule has 1 heterocycles. The standard InChI is InChI=1S/C14H15BrF3N3/c1-7(2)11-12(20-21(3)13(11)19)9-6-8(14(16,17)18)4-5-10(9)15/h4-7H,19H2,1-3H3. The summed E-state index contributed by atoms with van der Waals surface area (Å²) in [5.74, 6) is 0.513. The average molecular weight is 362 g/mol. The molecule has 0 saturated heterocycles. The van der Waals surface area contributed by atoms with Gasteiger partial charge in [0.25, 0.3) is 0 Å². The normalized spacial score (nSPS) is 12.2. The Morgan fingerprint density at radius 1 is 1.29 bits per heavy atom. The van der Waals surface area contributed by atoms with E-state index in [4.69, 9.17) is 5.73 Å². The van der Waals surface area contributed by atoms with Gasteiger partial charge in [0, 0.05) is 22.6 Å². The highest BCUT2D eigenvalue weighted by Gasteiger charge is 2.32. The van der Waals surface area contributed by atoms with E-state index < -0.39 is 11.7 Å². The Balaban J connectivity index is 2.70. The van der Waals surface area contributed by atoms with E-state index in [0.29, 0.717) is 21.5 Å². The number of halogens is 4. The Labute approximate surface area is 129 Å². The lowest BCUT2D eigenvalue weighted by Gasteiger charge is -2.12. The molecule has 0 aliphatic heterocycles. The molecule has 2 aromatic rings. The number of nitrogen functional groups attached to an aromatic ring is 1. The van der Waals surface area contributed by atoms with Gasteiger partial charge in [0.2, 0.25) is 0 Å². The van der Waals surface area contributed by atoms with Gasteiger partial charge >= 0.3 is 6.18 Å². The summed E-state index contributed by atoms with van der Waals surface area (Å²) in [5.41, 5.74) is 6.88. The zero-order chi connectivity index (χ0) is 15.9. The van der Waals surface area contributed by atoms with Crippen molar-refractivity contribution in [3.8, 4) is 11.3 Å². The number of alkyl halides is 3. The monoisotopic (exact) mass is 361 g/mol. The molecule has 0 amide bonds. The number of hydrogen-bond donors (Lipinski definition) is 1. The van der Waals surface area contributed by atoms with E-state index in [9.17, 15) is 13.2 Å². The minimum absolute atomic E-state index is 0.0511. The molecule has 114 valence electrons. The van der Waals surface area contributed by atoms with Crippen molar-refractivity contribution in [3.63, 3.8) is 0 Å². The minimum atomic E-state index is -4.40. The van der Waals surface area contributed by atoms with Gasteiger partial charge in [0.1, 0.15) is 5.82 Å². The lowest BCUT2D eigenvalue weighted by molar-refractivity contribution is -0.137. The van der Waals surface area contributed by atoms with Crippen LogP contribution in [0.2, 0.25) is 0 Å². The second-order valence-electron chi connectivity index (χ2n) is 5.12. The molecule has 0 atom stereocenters. The third kappa shape index (κ3) is 2.92. The van der Waals surface area contributed by atoms with E-state index in [2.05, 4.69) is 21.0 Å². The minimum Gasteiger partial charge on any atom is -0.384 e. The second-order valence-corrected chi connectivity index (χ2v) is 5.97. The third-order valence-electron chi connectivity index (χ3n) is 3.26. The zero-order valence-corrected chi connectivity index (χ0v) is 13.4. The van der Waals surface area contributed by atoms with Gasteiger partial charge in [-0.1, -0.05) is 29.8 Å². The fraction of sp³-hybridized carbons (Fsp3) is 0.357. The molecule has 2 N–H and O–H groups in total. The van der Waals surface area contributed by atoms with Crippen molar-refractivity contribution in [3.05, 3.63) is 33.8 Å². The first-order valence-electron chi connectivity index (χ1n) is 6.32. The van der Waals surface area contributed by atoms with Crippen molar-refractivity contribution in [1.29, 1.82) is 0 Å². The number of hydrogen-bond acceptors (Lipinski definition) is 2. The molecule has 1 aromatic carbocycles. The molecule has 2 rings (SSSR count). The summed E-state index contributed by atoms with van der Waals surface area (Å²) in [5, 5.41) is 4.28. The number of aromatic nitrogens is 2. The molecule has 0 saturated carbocycles. The highest BCUT2D eigenvalue weighted by molar-refractivity contribution is 9.10. The maximum Gasteiger partial charge on any atom is 0.416 e. The lowest BCUT2D eigenvalue weighted by Crippen LogP contribution is -2.05. The van der Waals surface area contributed by atoms with Crippen LogP contribution in [0.1, 0.15) is 30.9 Å². The summed E-state index contributed by atoms with van der Waals surface area (Å²) < 4.78 is 40.7. The Bertz CT molecular complexity index is 675. The van der Waals surface area contributed by atoms with Crippen LogP contribution < -0.4 is 5.73 Å². The van der Waals surface area contributed by atoms with E-state index in [1.54, 1.807) is 7.05 Å². The first-order chi connectivity index (χ1) is 9.62. The summed E-state index contributed by atoms with van der Waals surface area (Å²) in [6.45, 7) is 3.86. The van der Waals surface area contributed by atoms with Gasteiger partial charge in [0.05, 0.1) is 11.3 Å². The predicted molar refractivity (Wildman–Crippen MR) is 79.8 cm³/mol. The summed E-state index contributed by atoms with van der Waals surface area (Å²) >= 11 is 3.29. The number of nitrogens with two attached hydrogens (primary N) is 1. The van der Waals surface area contributed by atoms with Crippen molar-refractivity contribution in [2.75, 3.05) is 5.73 Å². The number of aryl methyl sites for hydroxylation is 1. The van der Waals surface area contributed by atoms with Gasteiger partial charge in [-0.25, -0.2) is 0 Å². The van der Waals surface area contributed by atoms with Crippen LogP contribution in [0, 0.1) is 0 Å². The van der Waals surface area contributed by atoms with Crippen molar-refractivity contribution in [2.45, 2.75) is 25.9 Å². The Morgan fingerprint density at radius 3 is 2.43 bits per heavy atom. The molecule has 0 aliphatic rings. The van der Waals surface area contributed by atoms with Crippen LogP contribution in [0.4, 0.5) is 19.0 Å². The smallest absolute Gasteiger partial charge is 0.384 e. The maximum atomic E-state index is 12.9. The predicted octanol–water partition coefficient (Wildman–Crippen LogP) is 4.57. The first-order valence-corrected chi connectivity index (χ1v) is 7.11. The van der Waals surface area contributed by atoms with Crippen LogP contribution in [0.25, 0.3) is 11.3 Å². The topological polar surface area (TPSA) is 43.8 Å². The number of nitrogens with zero attached hydrogens (tertiary/aromatic N) is 2. The summed E-state index contributed by atoms with van der Waals surface area (Å²) in [4.78, 5) is 0. The van der Waals surface area contributed by atoms with Crippen molar-refractivity contribution < 1.29 is 13.2 Å². The van der Waals surface area contributed by atoms with Crippen molar-refractivity contribution in [2.24, 2.45) is 7.05 Å². The SMILES string of the molecule is CC(C)c1c(-c2cc(C(F)(F)F)ccc2Br)nn(C)c1N. The molecular formula is C14H15BrF3N3. The summed E-state index contributed by atoms with van der Waals surface area (Å²) in [6, 6.07) is 3.51. The van der Waals surface area contributed by atoms with Crippen LogP contribution in [0.15, 0.2) is 22.7 Å². The Morgan fingerprint density at radius 2 is 1.90 bits per heavy atom. The van der Waals surface area contributed by atoms with E-state index in [-0.39, 0.29) is 5.92 Å². The van der Waals surface area contributed by atoms with E-state index in [1.807, 2.05) is 13.8 Å². The first kappa shape index (κ1) is 15.9. The molecule has 7 heteroatoms. The molecule has 3 nitrogen and oxygen atoms in total. The van der Waals surface area contributed by atoms with Crippen LogP contribution in [0.5, 0.6) is 0 Å². The van der Waals surface area contributed by atoms with E-state index >= 15 is 0 Å². The highest BCUT2D eigenvalue weighted by atomic mass is 79.9. The summed E-state index contributed by atoms with van der Waals surface area (Å²) in [7, 11) is 1.67. The molecule has 0 spiro atoms. The molecular weight excluding hydrogens is 347 g/mol. The Kier molecular flexibility index (Phi) is 4.06. The number of benzene rings is 1. The fourth-order valence-corrected chi connectivity index (χ4v) is 2.64. The van der Waals surface area contributed by atoms with Crippen molar-refractivity contribution >= 4 is 21.7 Å². The highest BCUT2D eigenvalue weighted by Crippen LogP contribution is 2.39. The molecule has 0 fully saturated rings. The van der Waals surface area contributed by atoms with Crippen LogP contribution in [0.3, 0.4) is 0 Å². The number of rotatable bonds is 2. The van der Waals surface area contributed by atoms with Gasteiger partial charge in [0.15, 0.2) is 0 Å². The van der Waals surface area contributed by atoms with Crippen LogP contribution >= 0.6 is 15.9 Å². The van der Waals surface area contributed by atoms with Crippen LogP contribution in [-0.2, 0) is 13.2 Å². The summed E-state index contributed by atoms with van der Waals surface area (Å²) in [6.07, 6.45) is -4.40. The maximum absolute atomic E-state index is 12.9. The van der Waals surface area contributed by atoms with Gasteiger partial charge in [-0.05, 0) is 24.1 Å². The van der Waals surface area contributed by atoms with Gasteiger partial charge < -0.3 is 5.73 Å². The van der Waals surface area contributed by atoms with E-state index in [0.717, 1.165) is 17.7 Å². The van der Waals surface area contributed by atoms with E-state index in [1.165, 1.54) is 10.7 Å². The van der Waals surface area contributed by atoms with Gasteiger partial charge in [-0.15, -0.1) is 0 Å². The quantitative estimate of drug-likeness (QED) is 0.850. The average Bonchev–Trinajstić information content (AvgIpc) is 2.64. The Hall–Kier alpha value is -1.50. The van der Waals surface area contributed by atoms with Gasteiger partial charge in [-0.3, -0.25) is 4.68 Å². The number of anilines is 1. The largest absolute Gasteiger partial charge is 0.416 e. The fourth-order valence-electron chi connectivity index (χ4n) is 2.20. The molecule has 0 bridgehead atoms. The van der Waals surface area contributed by atoms with Crippen molar-refractivity contribution in [1.82, 2.24) is 9.78 Å². The zero-order valence-electron chi connectivity index (χ0n) is 11.8. The molecule has 21 heavy (non-hydrogen) atoms. The van der Waals surface area contributed by atoms with Crippen LogP contribution in [-0.4, -0.2) is 9.78 Å². The van der Waals surface area contributed by atoms with Gasteiger partial charge in [-0.2, -0.15) is 18.3 Å². The molecule has 0 unspecified atom stereocenters.